The summed E-state index contributed by atoms with van der Waals surface area (Å²) in [5, 5.41) is 0. The van der Waals surface area contributed by atoms with Gasteiger partial charge in [-0.3, -0.25) is 4.55 Å². The Morgan fingerprint density at radius 1 is 0.833 bits per heavy atom. The maximum Gasteiger partial charge on any atom is 0.294 e. The predicted molar refractivity (Wildman–Crippen MR) is 99.3 cm³/mol. The molecule has 0 aliphatic carbocycles. The van der Waals surface area contributed by atoms with E-state index < -0.39 is 10.1 Å². The van der Waals surface area contributed by atoms with E-state index in [1.165, 1.54) is 63.5 Å². The van der Waals surface area contributed by atoms with Crippen molar-refractivity contribution in [1.29, 1.82) is 0 Å². The molecule has 1 rings (SSSR count). The Morgan fingerprint density at radius 2 is 1.29 bits per heavy atom. The SMILES string of the molecule is CCCCCCCCCCCCOc1ccc(S(=O)(=O)O)cc1.[Na]. The molecule has 0 aromatic heterocycles. The van der Waals surface area contributed by atoms with E-state index in [1.54, 1.807) is 12.1 Å². The van der Waals surface area contributed by atoms with E-state index in [0.29, 0.717) is 12.4 Å². The molecule has 1 N–H and O–H groups in total. The van der Waals surface area contributed by atoms with Crippen LogP contribution in [0.5, 0.6) is 5.75 Å². The summed E-state index contributed by atoms with van der Waals surface area (Å²) < 4.78 is 36.3. The molecule has 0 spiro atoms. The number of ether oxygens (including phenoxy) is 1. The van der Waals surface area contributed by atoms with Crippen molar-refractivity contribution in [2.75, 3.05) is 6.61 Å². The summed E-state index contributed by atoms with van der Waals surface area (Å²) in [5.74, 6) is 0.633. The maximum absolute atomic E-state index is 10.9. The van der Waals surface area contributed by atoms with Gasteiger partial charge in [0.2, 0.25) is 0 Å². The van der Waals surface area contributed by atoms with Gasteiger partial charge in [-0.05, 0) is 30.7 Å². The Balaban J connectivity index is 0.00000529. The van der Waals surface area contributed by atoms with Crippen LogP contribution >= 0.6 is 0 Å². The Bertz CT molecular complexity index is 514. The molecule has 1 radical (unpaired) electrons. The number of unbranched alkanes of at least 4 members (excludes halogenated alkanes) is 9. The smallest absolute Gasteiger partial charge is 0.294 e. The van der Waals surface area contributed by atoms with Crippen LogP contribution in [-0.4, -0.2) is 49.1 Å². The van der Waals surface area contributed by atoms with E-state index in [-0.39, 0.29) is 34.5 Å². The van der Waals surface area contributed by atoms with Gasteiger partial charge in [-0.25, -0.2) is 0 Å². The van der Waals surface area contributed by atoms with Crippen molar-refractivity contribution in [3.8, 4) is 5.75 Å². The zero-order valence-corrected chi connectivity index (χ0v) is 18.0. The number of hydrogen-bond acceptors (Lipinski definition) is 3. The quantitative estimate of drug-likeness (QED) is 0.308. The van der Waals surface area contributed by atoms with Crippen molar-refractivity contribution in [2.45, 2.75) is 76.0 Å². The molecular weight excluding hydrogens is 335 g/mol. The largest absolute Gasteiger partial charge is 0.494 e. The summed E-state index contributed by atoms with van der Waals surface area (Å²) in [7, 11) is -4.12. The molecule has 24 heavy (non-hydrogen) atoms. The van der Waals surface area contributed by atoms with Crippen molar-refractivity contribution >= 4 is 39.7 Å². The van der Waals surface area contributed by atoms with Crippen molar-refractivity contribution in [1.82, 2.24) is 0 Å². The minimum Gasteiger partial charge on any atom is -0.494 e. The first kappa shape index (κ1) is 23.9. The van der Waals surface area contributed by atoms with Gasteiger partial charge in [-0.15, -0.1) is 0 Å². The van der Waals surface area contributed by atoms with Crippen LogP contribution in [0.25, 0.3) is 0 Å². The Kier molecular flexibility index (Phi) is 14.1. The predicted octanol–water partition coefficient (Wildman–Crippen LogP) is 4.85. The van der Waals surface area contributed by atoms with Crippen LogP contribution in [0.15, 0.2) is 29.2 Å². The summed E-state index contributed by atoms with van der Waals surface area (Å²) in [6.07, 6.45) is 12.8. The first-order valence-corrected chi connectivity index (χ1v) is 10.2. The average Bonchev–Trinajstić information content (AvgIpc) is 2.52. The molecule has 0 fully saturated rings. The standard InChI is InChI=1S/C18H30O4S.Na/c1-2-3-4-5-6-7-8-9-10-11-16-22-17-12-14-18(15-13-17)23(19,20)21;/h12-15H,2-11,16H2,1H3,(H,19,20,21);. The zero-order valence-electron chi connectivity index (χ0n) is 15.2. The number of benzene rings is 1. The van der Waals surface area contributed by atoms with Gasteiger partial charge in [-0.1, -0.05) is 64.7 Å². The van der Waals surface area contributed by atoms with Crippen LogP contribution in [0.1, 0.15) is 71.1 Å². The molecule has 0 atom stereocenters. The molecule has 0 heterocycles. The van der Waals surface area contributed by atoms with E-state index in [2.05, 4.69) is 6.92 Å². The fourth-order valence-corrected chi connectivity index (χ4v) is 2.97. The third kappa shape index (κ3) is 11.5. The summed E-state index contributed by atoms with van der Waals surface area (Å²) in [4.78, 5) is -0.108. The topological polar surface area (TPSA) is 63.6 Å². The van der Waals surface area contributed by atoms with Crippen molar-refractivity contribution in [3.05, 3.63) is 24.3 Å². The molecule has 0 aliphatic heterocycles. The fraction of sp³-hybridized carbons (Fsp3) is 0.667. The molecule has 0 amide bonds. The van der Waals surface area contributed by atoms with E-state index in [0.717, 1.165) is 12.8 Å². The molecule has 1 aromatic rings. The van der Waals surface area contributed by atoms with Gasteiger partial charge in [0, 0.05) is 29.6 Å². The Morgan fingerprint density at radius 3 is 1.75 bits per heavy atom. The van der Waals surface area contributed by atoms with Gasteiger partial charge in [0.25, 0.3) is 10.1 Å². The minimum absolute atomic E-state index is 0. The van der Waals surface area contributed by atoms with Crippen molar-refractivity contribution < 1.29 is 17.7 Å². The van der Waals surface area contributed by atoms with Crippen molar-refractivity contribution in [3.63, 3.8) is 0 Å². The van der Waals surface area contributed by atoms with Crippen LogP contribution in [0.4, 0.5) is 0 Å². The van der Waals surface area contributed by atoms with Crippen LogP contribution < -0.4 is 4.74 Å². The summed E-state index contributed by atoms with van der Waals surface area (Å²) in [5.41, 5.74) is 0. The molecule has 4 nitrogen and oxygen atoms in total. The fourth-order valence-electron chi connectivity index (χ4n) is 2.49. The molecule has 0 saturated carbocycles. The molecule has 0 bridgehead atoms. The first-order valence-electron chi connectivity index (χ1n) is 8.74. The van der Waals surface area contributed by atoms with Crippen LogP contribution in [0.3, 0.4) is 0 Å². The first-order chi connectivity index (χ1) is 11.0. The van der Waals surface area contributed by atoms with Crippen LogP contribution in [0, 0.1) is 0 Å². The van der Waals surface area contributed by atoms with Gasteiger partial charge >= 0.3 is 0 Å². The molecular formula is C18H30NaO4S. The molecule has 0 saturated heterocycles. The second-order valence-electron chi connectivity index (χ2n) is 5.98. The maximum atomic E-state index is 10.9. The molecule has 6 heteroatoms. The van der Waals surface area contributed by atoms with Gasteiger partial charge in [0.1, 0.15) is 5.75 Å². The molecule has 0 aliphatic rings. The summed E-state index contributed by atoms with van der Waals surface area (Å²) >= 11 is 0. The Hall–Kier alpha value is -0.0700. The molecule has 1 aromatic carbocycles. The molecule has 0 unspecified atom stereocenters. The van der Waals surface area contributed by atoms with E-state index in [4.69, 9.17) is 9.29 Å². The van der Waals surface area contributed by atoms with E-state index in [1.807, 2.05) is 0 Å². The third-order valence-electron chi connectivity index (χ3n) is 3.89. The van der Waals surface area contributed by atoms with Gasteiger partial charge in [0.05, 0.1) is 11.5 Å². The third-order valence-corrected chi connectivity index (χ3v) is 4.76. The van der Waals surface area contributed by atoms with E-state index in [9.17, 15) is 8.42 Å². The van der Waals surface area contributed by atoms with Gasteiger partial charge < -0.3 is 4.74 Å². The summed E-state index contributed by atoms with van der Waals surface area (Å²) in [6.45, 7) is 2.88. The average molecular weight is 365 g/mol. The van der Waals surface area contributed by atoms with Crippen LogP contribution in [-0.2, 0) is 10.1 Å². The Labute approximate surface area is 169 Å². The van der Waals surface area contributed by atoms with E-state index >= 15 is 0 Å². The second kappa shape index (κ2) is 14.1. The normalized spacial score (nSPS) is 11.1. The van der Waals surface area contributed by atoms with Crippen LogP contribution in [0.2, 0.25) is 0 Å². The monoisotopic (exact) mass is 365 g/mol. The minimum atomic E-state index is -4.12. The second-order valence-corrected chi connectivity index (χ2v) is 7.40. The zero-order chi connectivity index (χ0) is 17.0. The number of hydrogen-bond donors (Lipinski definition) is 1. The molecule has 133 valence electrons. The van der Waals surface area contributed by atoms with Crippen molar-refractivity contribution in [2.24, 2.45) is 0 Å². The summed E-state index contributed by atoms with van der Waals surface area (Å²) in [6, 6.07) is 5.84. The number of rotatable bonds is 13. The van der Waals surface area contributed by atoms with Gasteiger partial charge in [-0.2, -0.15) is 8.42 Å². The van der Waals surface area contributed by atoms with Gasteiger partial charge in [0.15, 0.2) is 0 Å².